The van der Waals surface area contributed by atoms with Crippen molar-refractivity contribution in [3.05, 3.63) is 0 Å². The molecule has 1 atom stereocenters. The van der Waals surface area contributed by atoms with Crippen LogP contribution in [-0.2, 0) is 9.47 Å². The first-order chi connectivity index (χ1) is 6.33. The molecule has 0 aromatic heterocycles. The highest BCUT2D eigenvalue weighted by molar-refractivity contribution is 5.01. The molecule has 0 aromatic carbocycles. The van der Waals surface area contributed by atoms with Crippen LogP contribution in [0.1, 0.15) is 26.2 Å². The molecule has 0 aromatic rings. The van der Waals surface area contributed by atoms with Crippen LogP contribution < -0.4 is 0 Å². The molecule has 1 aliphatic rings. The Morgan fingerprint density at radius 2 is 2.46 bits per heavy atom. The van der Waals surface area contributed by atoms with Crippen LogP contribution in [0.2, 0.25) is 0 Å². The zero-order valence-electron chi connectivity index (χ0n) is 8.21. The smallest absolute Gasteiger partial charge is 0.0829 e. The number of hydrogen-bond donors (Lipinski definition) is 0. The predicted molar refractivity (Wildman–Crippen MR) is 49.2 cm³/mol. The molecule has 0 saturated carbocycles. The summed E-state index contributed by atoms with van der Waals surface area (Å²) in [5.41, 5.74) is -0.211. The van der Waals surface area contributed by atoms with Crippen LogP contribution in [0.4, 0.5) is 0 Å². The van der Waals surface area contributed by atoms with Gasteiger partial charge in [0.25, 0.3) is 0 Å². The maximum Gasteiger partial charge on any atom is 0.0829 e. The summed E-state index contributed by atoms with van der Waals surface area (Å²) < 4.78 is 10.5. The molecule has 0 bridgehead atoms. The highest BCUT2D eigenvalue weighted by atomic mass is 16.5. The van der Waals surface area contributed by atoms with E-state index in [9.17, 15) is 0 Å². The SMILES string of the molecule is CCOCCCC1(C#N)CCOC1. The monoisotopic (exact) mass is 183 g/mol. The molecule has 1 heterocycles. The summed E-state index contributed by atoms with van der Waals surface area (Å²) in [4.78, 5) is 0. The van der Waals surface area contributed by atoms with Gasteiger partial charge in [0, 0.05) is 19.8 Å². The second kappa shape index (κ2) is 5.21. The summed E-state index contributed by atoms with van der Waals surface area (Å²) in [5, 5.41) is 9.00. The zero-order chi connectivity index (χ0) is 9.57. The quantitative estimate of drug-likeness (QED) is 0.609. The maximum absolute atomic E-state index is 9.00. The van der Waals surface area contributed by atoms with Crippen LogP contribution in [0, 0.1) is 16.7 Å². The summed E-state index contributed by atoms with van der Waals surface area (Å²) in [7, 11) is 0. The molecule has 3 nitrogen and oxygen atoms in total. The van der Waals surface area contributed by atoms with Crippen LogP contribution in [0.5, 0.6) is 0 Å². The second-order valence-corrected chi connectivity index (χ2v) is 3.50. The normalized spacial score (nSPS) is 27.4. The summed E-state index contributed by atoms with van der Waals surface area (Å²) in [6.45, 7) is 4.85. The molecule has 0 amide bonds. The van der Waals surface area contributed by atoms with Crippen molar-refractivity contribution >= 4 is 0 Å². The second-order valence-electron chi connectivity index (χ2n) is 3.50. The molecular formula is C10H17NO2. The van der Waals surface area contributed by atoms with Crippen LogP contribution in [0.3, 0.4) is 0 Å². The van der Waals surface area contributed by atoms with Crippen molar-refractivity contribution in [3.8, 4) is 6.07 Å². The average Bonchev–Trinajstić information content (AvgIpc) is 2.62. The van der Waals surface area contributed by atoms with Gasteiger partial charge in [0.05, 0.1) is 18.1 Å². The van der Waals surface area contributed by atoms with Gasteiger partial charge in [-0.3, -0.25) is 0 Å². The Balaban J connectivity index is 2.21. The van der Waals surface area contributed by atoms with Gasteiger partial charge in [-0.05, 0) is 26.2 Å². The van der Waals surface area contributed by atoms with E-state index in [2.05, 4.69) is 6.07 Å². The molecule has 1 saturated heterocycles. The van der Waals surface area contributed by atoms with Gasteiger partial charge in [0.1, 0.15) is 0 Å². The molecule has 0 N–H and O–H groups in total. The Bertz CT molecular complexity index is 180. The summed E-state index contributed by atoms with van der Waals surface area (Å²) in [6, 6.07) is 2.37. The van der Waals surface area contributed by atoms with E-state index in [1.165, 1.54) is 0 Å². The zero-order valence-corrected chi connectivity index (χ0v) is 8.21. The van der Waals surface area contributed by atoms with Gasteiger partial charge in [0.2, 0.25) is 0 Å². The lowest BCUT2D eigenvalue weighted by Gasteiger charge is -2.17. The highest BCUT2D eigenvalue weighted by Crippen LogP contribution is 2.32. The van der Waals surface area contributed by atoms with Gasteiger partial charge in [-0.25, -0.2) is 0 Å². The fourth-order valence-electron chi connectivity index (χ4n) is 1.61. The first-order valence-corrected chi connectivity index (χ1v) is 4.90. The molecule has 13 heavy (non-hydrogen) atoms. The lowest BCUT2D eigenvalue weighted by molar-refractivity contribution is 0.127. The Hall–Kier alpha value is -0.590. The number of nitriles is 1. The lowest BCUT2D eigenvalue weighted by Crippen LogP contribution is -2.19. The number of nitrogens with zero attached hydrogens (tertiary/aromatic N) is 1. The molecule has 74 valence electrons. The number of rotatable bonds is 5. The minimum absolute atomic E-state index is 0.211. The topological polar surface area (TPSA) is 42.2 Å². The third-order valence-corrected chi connectivity index (χ3v) is 2.49. The molecule has 0 radical (unpaired) electrons. The van der Waals surface area contributed by atoms with E-state index in [-0.39, 0.29) is 5.41 Å². The fraction of sp³-hybridized carbons (Fsp3) is 0.900. The molecule has 1 fully saturated rings. The molecular weight excluding hydrogens is 166 g/mol. The van der Waals surface area contributed by atoms with E-state index in [0.29, 0.717) is 6.61 Å². The minimum atomic E-state index is -0.211. The minimum Gasteiger partial charge on any atom is -0.382 e. The van der Waals surface area contributed by atoms with Crippen molar-refractivity contribution in [2.24, 2.45) is 5.41 Å². The van der Waals surface area contributed by atoms with Crippen LogP contribution in [0.15, 0.2) is 0 Å². The molecule has 3 heteroatoms. The summed E-state index contributed by atoms with van der Waals surface area (Å²) >= 11 is 0. The predicted octanol–water partition coefficient (Wildman–Crippen LogP) is 1.73. The molecule has 1 rings (SSSR count). The van der Waals surface area contributed by atoms with E-state index in [4.69, 9.17) is 14.7 Å². The molecule has 0 spiro atoms. The number of ether oxygens (including phenoxy) is 2. The highest BCUT2D eigenvalue weighted by Gasteiger charge is 2.34. The van der Waals surface area contributed by atoms with E-state index in [0.717, 1.165) is 39.1 Å². The largest absolute Gasteiger partial charge is 0.382 e. The Morgan fingerprint density at radius 1 is 1.62 bits per heavy atom. The summed E-state index contributed by atoms with van der Waals surface area (Å²) in [6.07, 6.45) is 2.75. The van der Waals surface area contributed by atoms with Gasteiger partial charge in [-0.1, -0.05) is 0 Å². The summed E-state index contributed by atoms with van der Waals surface area (Å²) in [5.74, 6) is 0. The van der Waals surface area contributed by atoms with E-state index < -0.39 is 0 Å². The fourth-order valence-corrected chi connectivity index (χ4v) is 1.61. The van der Waals surface area contributed by atoms with E-state index in [1.807, 2.05) is 6.92 Å². The molecule has 0 aliphatic carbocycles. The first kappa shape index (κ1) is 10.5. The van der Waals surface area contributed by atoms with Crippen LogP contribution in [0.25, 0.3) is 0 Å². The van der Waals surface area contributed by atoms with Crippen molar-refractivity contribution < 1.29 is 9.47 Å². The molecule has 1 unspecified atom stereocenters. The van der Waals surface area contributed by atoms with Gasteiger partial charge in [0.15, 0.2) is 0 Å². The first-order valence-electron chi connectivity index (χ1n) is 4.90. The van der Waals surface area contributed by atoms with Crippen molar-refractivity contribution in [2.75, 3.05) is 26.4 Å². The van der Waals surface area contributed by atoms with Gasteiger partial charge < -0.3 is 9.47 Å². The Kier molecular flexibility index (Phi) is 4.20. The van der Waals surface area contributed by atoms with E-state index >= 15 is 0 Å². The maximum atomic E-state index is 9.00. The molecule has 1 aliphatic heterocycles. The van der Waals surface area contributed by atoms with Gasteiger partial charge >= 0.3 is 0 Å². The van der Waals surface area contributed by atoms with Crippen molar-refractivity contribution in [1.82, 2.24) is 0 Å². The standard InChI is InChI=1S/C10H17NO2/c1-2-12-6-3-4-10(8-11)5-7-13-9-10/h2-7,9H2,1H3. The third kappa shape index (κ3) is 2.98. The Morgan fingerprint density at radius 3 is 3.00 bits per heavy atom. The van der Waals surface area contributed by atoms with E-state index in [1.54, 1.807) is 0 Å². The number of hydrogen-bond acceptors (Lipinski definition) is 3. The van der Waals surface area contributed by atoms with Crippen LogP contribution >= 0.6 is 0 Å². The average molecular weight is 183 g/mol. The lowest BCUT2D eigenvalue weighted by atomic mass is 9.84. The third-order valence-electron chi connectivity index (χ3n) is 2.49. The van der Waals surface area contributed by atoms with Crippen molar-refractivity contribution in [3.63, 3.8) is 0 Å². The van der Waals surface area contributed by atoms with Crippen LogP contribution in [-0.4, -0.2) is 26.4 Å². The van der Waals surface area contributed by atoms with Crippen molar-refractivity contribution in [1.29, 1.82) is 5.26 Å². The van der Waals surface area contributed by atoms with Crippen molar-refractivity contribution in [2.45, 2.75) is 26.2 Å². The Labute approximate surface area is 79.6 Å². The van der Waals surface area contributed by atoms with Gasteiger partial charge in [-0.15, -0.1) is 0 Å². The van der Waals surface area contributed by atoms with Gasteiger partial charge in [-0.2, -0.15) is 5.26 Å².